The van der Waals surface area contributed by atoms with Gasteiger partial charge in [0.15, 0.2) is 0 Å². The van der Waals surface area contributed by atoms with Gasteiger partial charge in [-0.25, -0.2) is 19.7 Å². The summed E-state index contributed by atoms with van der Waals surface area (Å²) in [5, 5.41) is 13.5. The van der Waals surface area contributed by atoms with E-state index in [9.17, 15) is 9.90 Å². The van der Waals surface area contributed by atoms with Gasteiger partial charge in [-0.15, -0.1) is 0 Å². The van der Waals surface area contributed by atoms with Gasteiger partial charge >= 0.3 is 6.09 Å². The summed E-state index contributed by atoms with van der Waals surface area (Å²) < 4.78 is 0. The number of hydrogen-bond acceptors (Lipinski definition) is 6. The molecule has 2 bridgehead atoms. The van der Waals surface area contributed by atoms with Crippen molar-refractivity contribution >= 4 is 40.2 Å². The second kappa shape index (κ2) is 7.76. The molecular formula is C23H26ClN7O2. The molecule has 2 fully saturated rings. The van der Waals surface area contributed by atoms with E-state index in [4.69, 9.17) is 16.6 Å². The maximum atomic E-state index is 11.3. The number of halogens is 1. The van der Waals surface area contributed by atoms with E-state index in [1.54, 1.807) is 6.33 Å². The summed E-state index contributed by atoms with van der Waals surface area (Å²) >= 11 is 6.35. The Labute approximate surface area is 196 Å². The molecule has 3 aromatic heterocycles. The molecule has 33 heavy (non-hydrogen) atoms. The molecule has 1 amide bonds. The molecule has 9 nitrogen and oxygen atoms in total. The molecule has 3 aromatic rings. The number of aromatic nitrogens is 4. The van der Waals surface area contributed by atoms with Crippen molar-refractivity contribution in [1.29, 1.82) is 0 Å². The van der Waals surface area contributed by atoms with Crippen molar-refractivity contribution < 1.29 is 9.90 Å². The Hall–Kier alpha value is -3.07. The Morgan fingerprint density at radius 1 is 1.27 bits per heavy atom. The Morgan fingerprint density at radius 2 is 2.06 bits per heavy atom. The number of fused-ring (bicyclic) bond motifs is 4. The van der Waals surface area contributed by atoms with Crippen LogP contribution in [0.3, 0.4) is 0 Å². The van der Waals surface area contributed by atoms with Crippen LogP contribution in [0, 0.1) is 11.8 Å². The molecule has 2 unspecified atom stereocenters. The molecule has 1 saturated heterocycles. The van der Waals surface area contributed by atoms with E-state index in [1.807, 2.05) is 18.3 Å². The van der Waals surface area contributed by atoms with Crippen LogP contribution in [0.1, 0.15) is 31.0 Å². The first-order valence-corrected chi connectivity index (χ1v) is 11.8. The van der Waals surface area contributed by atoms with E-state index in [0.29, 0.717) is 23.5 Å². The summed E-state index contributed by atoms with van der Waals surface area (Å²) in [6.45, 7) is 4.52. The third-order valence-electron chi connectivity index (χ3n) is 7.57. The van der Waals surface area contributed by atoms with Gasteiger partial charge in [-0.2, -0.15) is 0 Å². The van der Waals surface area contributed by atoms with Crippen molar-refractivity contribution in [3.05, 3.63) is 41.1 Å². The van der Waals surface area contributed by atoms with E-state index < -0.39 is 6.09 Å². The quantitative estimate of drug-likeness (QED) is 0.506. The van der Waals surface area contributed by atoms with Crippen molar-refractivity contribution in [3.8, 4) is 0 Å². The SMILES string of the molecule is CC1Cc2ncnc(N3C[C@H]4CC[C@@H](C3)C4NC(=O)O)c2CN1c1cc(Cl)nc2[nH]ccc12. The summed E-state index contributed by atoms with van der Waals surface area (Å²) in [6, 6.07) is 4.26. The van der Waals surface area contributed by atoms with Crippen molar-refractivity contribution in [2.45, 2.75) is 44.8 Å². The van der Waals surface area contributed by atoms with Crippen LogP contribution in [0.5, 0.6) is 0 Å². The van der Waals surface area contributed by atoms with Crippen LogP contribution in [0.15, 0.2) is 24.7 Å². The highest BCUT2D eigenvalue weighted by Crippen LogP contribution is 2.41. The predicted molar refractivity (Wildman–Crippen MR) is 126 cm³/mol. The number of rotatable bonds is 3. The summed E-state index contributed by atoms with van der Waals surface area (Å²) in [5.74, 6) is 1.60. The zero-order valence-corrected chi connectivity index (χ0v) is 19.1. The van der Waals surface area contributed by atoms with Gasteiger partial charge in [0.1, 0.15) is 22.9 Å². The predicted octanol–water partition coefficient (Wildman–Crippen LogP) is 3.44. The fourth-order valence-electron chi connectivity index (χ4n) is 6.09. The van der Waals surface area contributed by atoms with E-state index >= 15 is 0 Å². The highest BCUT2D eigenvalue weighted by Gasteiger charge is 2.44. The van der Waals surface area contributed by atoms with Crippen molar-refractivity contribution in [1.82, 2.24) is 25.3 Å². The first-order valence-electron chi connectivity index (χ1n) is 11.5. The normalized spacial score (nSPS) is 26.5. The fraction of sp³-hybridized carbons (Fsp3) is 0.478. The zero-order valence-electron chi connectivity index (χ0n) is 18.3. The largest absolute Gasteiger partial charge is 0.465 e. The number of H-pyrrole nitrogens is 1. The number of nitrogens with zero attached hydrogens (tertiary/aromatic N) is 5. The fourth-order valence-corrected chi connectivity index (χ4v) is 6.28. The molecule has 0 radical (unpaired) electrons. The van der Waals surface area contributed by atoms with Crippen LogP contribution in [0.2, 0.25) is 5.15 Å². The number of amides is 1. The average Bonchev–Trinajstić information content (AvgIpc) is 3.32. The standard InChI is InChI=1S/C23H26ClN7O2/c1-12-6-17-16(10-31(12)18-7-19(24)28-21-15(18)4-5-25-21)22(27-11-26-17)30-8-13-2-3-14(9-30)20(13)29-23(32)33/h4-5,7,11-14,20,29H,2-3,6,8-10H2,1H3,(H,25,28)(H,32,33)/t12?,13-,14+,20?. The minimum absolute atomic E-state index is 0.0359. The maximum Gasteiger partial charge on any atom is 0.404 e. The molecule has 6 rings (SSSR count). The van der Waals surface area contributed by atoms with Gasteiger partial charge in [-0.05, 0) is 43.7 Å². The van der Waals surface area contributed by atoms with Gasteiger partial charge in [-0.1, -0.05) is 11.6 Å². The Kier molecular flexibility index (Phi) is 4.83. The first-order chi connectivity index (χ1) is 16.0. The Balaban J connectivity index is 1.34. The van der Waals surface area contributed by atoms with Crippen LogP contribution in [-0.4, -0.2) is 56.3 Å². The molecule has 3 aliphatic rings. The molecule has 1 aliphatic carbocycles. The van der Waals surface area contributed by atoms with E-state index in [2.05, 4.69) is 37.0 Å². The molecule has 172 valence electrons. The highest BCUT2D eigenvalue weighted by atomic mass is 35.5. The second-order valence-electron chi connectivity index (χ2n) is 9.49. The van der Waals surface area contributed by atoms with E-state index in [1.165, 1.54) is 0 Å². The van der Waals surface area contributed by atoms with Gasteiger partial charge in [0.05, 0.1) is 11.4 Å². The number of hydrogen-bond donors (Lipinski definition) is 3. The minimum atomic E-state index is -0.929. The summed E-state index contributed by atoms with van der Waals surface area (Å²) in [6.07, 6.45) is 5.54. The lowest BCUT2D eigenvalue weighted by Crippen LogP contribution is -2.53. The highest BCUT2D eigenvalue weighted by molar-refractivity contribution is 6.30. The van der Waals surface area contributed by atoms with Crippen LogP contribution < -0.4 is 15.1 Å². The van der Waals surface area contributed by atoms with Crippen molar-refractivity contribution in [2.75, 3.05) is 22.9 Å². The maximum absolute atomic E-state index is 11.3. The van der Waals surface area contributed by atoms with Gasteiger partial charge in [0, 0.05) is 55.3 Å². The molecule has 10 heteroatoms. The summed E-state index contributed by atoms with van der Waals surface area (Å²) in [4.78, 5) is 32.9. The van der Waals surface area contributed by atoms with Gasteiger partial charge in [0.25, 0.3) is 0 Å². The molecule has 4 atom stereocenters. The molecule has 5 heterocycles. The van der Waals surface area contributed by atoms with Crippen LogP contribution >= 0.6 is 11.6 Å². The molecule has 3 N–H and O–H groups in total. The zero-order chi connectivity index (χ0) is 22.7. The Morgan fingerprint density at radius 3 is 2.82 bits per heavy atom. The van der Waals surface area contributed by atoms with Crippen LogP contribution in [-0.2, 0) is 13.0 Å². The topological polar surface area (TPSA) is 110 Å². The van der Waals surface area contributed by atoms with Gasteiger partial charge < -0.3 is 25.2 Å². The molecular weight excluding hydrogens is 442 g/mol. The van der Waals surface area contributed by atoms with Crippen molar-refractivity contribution in [3.63, 3.8) is 0 Å². The van der Waals surface area contributed by atoms with Crippen LogP contribution in [0.4, 0.5) is 16.3 Å². The number of aromatic amines is 1. The van der Waals surface area contributed by atoms with Gasteiger partial charge in [0.2, 0.25) is 0 Å². The number of carbonyl (C=O) groups is 1. The molecule has 0 spiro atoms. The molecule has 1 saturated carbocycles. The third kappa shape index (κ3) is 3.45. The number of carboxylic acid groups (broad SMARTS) is 1. The monoisotopic (exact) mass is 467 g/mol. The molecule has 0 aromatic carbocycles. The summed E-state index contributed by atoms with van der Waals surface area (Å²) in [5.41, 5.74) is 4.08. The number of pyridine rings is 1. The minimum Gasteiger partial charge on any atom is -0.465 e. The van der Waals surface area contributed by atoms with Crippen molar-refractivity contribution in [2.24, 2.45) is 11.8 Å². The number of anilines is 2. The smallest absolute Gasteiger partial charge is 0.404 e. The lowest BCUT2D eigenvalue weighted by atomic mass is 9.91. The first kappa shape index (κ1) is 20.5. The van der Waals surface area contributed by atoms with Gasteiger partial charge in [-0.3, -0.25) is 0 Å². The van der Waals surface area contributed by atoms with Crippen LogP contribution in [0.25, 0.3) is 11.0 Å². The van der Waals surface area contributed by atoms with E-state index in [-0.39, 0.29) is 12.1 Å². The lowest BCUT2D eigenvalue weighted by molar-refractivity contribution is 0.178. The average molecular weight is 468 g/mol. The number of nitrogens with one attached hydrogen (secondary N) is 2. The Bertz CT molecular complexity index is 1220. The second-order valence-corrected chi connectivity index (χ2v) is 9.87. The van der Waals surface area contributed by atoms with E-state index in [0.717, 1.165) is 66.1 Å². The molecule has 2 aliphatic heterocycles. The number of piperidine rings is 1. The third-order valence-corrected chi connectivity index (χ3v) is 7.76. The summed E-state index contributed by atoms with van der Waals surface area (Å²) in [7, 11) is 0. The lowest BCUT2D eigenvalue weighted by Gasteiger charge is -2.42.